The molecule has 1 amide bonds. The van der Waals surface area contributed by atoms with E-state index in [0.717, 1.165) is 5.56 Å². The molecule has 7 heteroatoms. The van der Waals surface area contributed by atoms with E-state index in [1.54, 1.807) is 17.1 Å². The van der Waals surface area contributed by atoms with E-state index in [1.165, 1.54) is 0 Å². The highest BCUT2D eigenvalue weighted by atomic mass is 35.5. The number of benzene rings is 1. The predicted molar refractivity (Wildman–Crippen MR) is 86.1 cm³/mol. The molecule has 0 aliphatic carbocycles. The molecular formula is C15H19ClN4O2. The van der Waals surface area contributed by atoms with Crippen LogP contribution < -0.4 is 10.6 Å². The normalized spacial score (nSPS) is 20.4. The molecule has 0 bridgehead atoms. The van der Waals surface area contributed by atoms with Gasteiger partial charge in [-0.2, -0.15) is 5.10 Å². The number of aromatic nitrogens is 2. The third kappa shape index (κ3) is 4.07. The Balaban J connectivity index is 0.00000176. The van der Waals surface area contributed by atoms with E-state index in [1.807, 2.05) is 30.3 Å². The van der Waals surface area contributed by atoms with Crippen LogP contribution in [0.5, 0.6) is 0 Å². The Kier molecular flexibility index (Phi) is 5.54. The first-order valence-corrected chi connectivity index (χ1v) is 6.99. The molecule has 2 aromatic rings. The van der Waals surface area contributed by atoms with Crippen LogP contribution >= 0.6 is 12.4 Å². The van der Waals surface area contributed by atoms with Crippen molar-refractivity contribution >= 4 is 24.0 Å². The van der Waals surface area contributed by atoms with E-state index in [-0.39, 0.29) is 24.4 Å². The number of nitrogens with one attached hydrogen (secondary N) is 2. The summed E-state index contributed by atoms with van der Waals surface area (Å²) >= 11 is 0. The fraction of sp³-hybridized carbons (Fsp3) is 0.333. The molecule has 6 nitrogen and oxygen atoms in total. The van der Waals surface area contributed by atoms with Gasteiger partial charge in [-0.1, -0.05) is 30.3 Å². The number of carbonyl (C=O) groups excluding carboxylic acids is 1. The average molecular weight is 323 g/mol. The number of aliphatic hydroxyl groups excluding tert-OH is 1. The minimum atomic E-state index is -0.443. The Hall–Kier alpha value is -1.89. The van der Waals surface area contributed by atoms with E-state index in [0.29, 0.717) is 25.2 Å². The van der Waals surface area contributed by atoms with E-state index in [4.69, 9.17) is 0 Å². The number of anilines is 1. The van der Waals surface area contributed by atoms with E-state index in [2.05, 4.69) is 15.7 Å². The van der Waals surface area contributed by atoms with Crippen LogP contribution in [-0.2, 0) is 11.3 Å². The fourth-order valence-corrected chi connectivity index (χ4v) is 2.43. The van der Waals surface area contributed by atoms with Crippen LogP contribution in [0.2, 0.25) is 0 Å². The van der Waals surface area contributed by atoms with Gasteiger partial charge in [0.05, 0.1) is 30.6 Å². The Morgan fingerprint density at radius 1 is 1.41 bits per heavy atom. The SMILES string of the molecule is Cl.O=C(Nc1cnn(Cc2ccccc2)c1)C1CC(O)CN1. The highest BCUT2D eigenvalue weighted by Gasteiger charge is 2.28. The maximum absolute atomic E-state index is 12.0. The molecule has 0 spiro atoms. The molecule has 2 unspecified atom stereocenters. The van der Waals surface area contributed by atoms with Crippen molar-refractivity contribution in [3.63, 3.8) is 0 Å². The van der Waals surface area contributed by atoms with Gasteiger partial charge in [-0.15, -0.1) is 12.4 Å². The second kappa shape index (κ2) is 7.40. The third-order valence-corrected chi connectivity index (χ3v) is 3.51. The summed E-state index contributed by atoms with van der Waals surface area (Å²) in [6.45, 7) is 1.13. The molecule has 118 valence electrons. The van der Waals surface area contributed by atoms with Crippen LogP contribution in [0, 0.1) is 0 Å². The van der Waals surface area contributed by atoms with Gasteiger partial charge in [-0.25, -0.2) is 0 Å². The van der Waals surface area contributed by atoms with Crippen LogP contribution in [0.25, 0.3) is 0 Å². The van der Waals surface area contributed by atoms with Gasteiger partial charge in [-0.05, 0) is 12.0 Å². The zero-order valence-corrected chi connectivity index (χ0v) is 12.8. The van der Waals surface area contributed by atoms with Crippen molar-refractivity contribution in [3.8, 4) is 0 Å². The van der Waals surface area contributed by atoms with Crippen molar-refractivity contribution in [1.82, 2.24) is 15.1 Å². The largest absolute Gasteiger partial charge is 0.392 e. The number of rotatable bonds is 4. The molecular weight excluding hydrogens is 304 g/mol. The predicted octanol–water partition coefficient (Wildman–Crippen LogP) is 1.01. The first-order valence-electron chi connectivity index (χ1n) is 6.99. The Morgan fingerprint density at radius 2 is 2.18 bits per heavy atom. The van der Waals surface area contributed by atoms with Crippen molar-refractivity contribution in [2.75, 3.05) is 11.9 Å². The van der Waals surface area contributed by atoms with E-state index in [9.17, 15) is 9.90 Å². The number of aliphatic hydroxyl groups is 1. The second-order valence-corrected chi connectivity index (χ2v) is 5.25. The van der Waals surface area contributed by atoms with Gasteiger partial charge in [0.2, 0.25) is 5.91 Å². The molecule has 2 atom stereocenters. The molecule has 3 rings (SSSR count). The summed E-state index contributed by atoms with van der Waals surface area (Å²) in [5.74, 6) is -0.134. The number of β-amino-alcohol motifs (C(OH)–C–C–N with tert-alkyl or cyclic N) is 1. The lowest BCUT2D eigenvalue weighted by atomic mass is 10.2. The summed E-state index contributed by atoms with van der Waals surface area (Å²) < 4.78 is 1.78. The van der Waals surface area contributed by atoms with Gasteiger partial charge in [-0.3, -0.25) is 9.48 Å². The fourth-order valence-electron chi connectivity index (χ4n) is 2.43. The number of hydrogen-bond acceptors (Lipinski definition) is 4. The molecule has 22 heavy (non-hydrogen) atoms. The lowest BCUT2D eigenvalue weighted by Crippen LogP contribution is -2.35. The lowest BCUT2D eigenvalue weighted by molar-refractivity contribution is -0.117. The molecule has 2 heterocycles. The molecule has 1 aromatic carbocycles. The van der Waals surface area contributed by atoms with E-state index < -0.39 is 6.10 Å². The Morgan fingerprint density at radius 3 is 2.86 bits per heavy atom. The van der Waals surface area contributed by atoms with Gasteiger partial charge < -0.3 is 15.7 Å². The molecule has 1 saturated heterocycles. The molecule has 3 N–H and O–H groups in total. The summed E-state index contributed by atoms with van der Waals surface area (Å²) in [7, 11) is 0. The quantitative estimate of drug-likeness (QED) is 0.785. The van der Waals surface area contributed by atoms with Crippen molar-refractivity contribution in [3.05, 3.63) is 48.3 Å². The smallest absolute Gasteiger partial charge is 0.241 e. The highest BCUT2D eigenvalue weighted by Crippen LogP contribution is 2.11. The highest BCUT2D eigenvalue weighted by molar-refractivity contribution is 5.94. The number of halogens is 1. The average Bonchev–Trinajstić information content (AvgIpc) is 3.09. The lowest BCUT2D eigenvalue weighted by Gasteiger charge is -2.09. The van der Waals surface area contributed by atoms with Crippen molar-refractivity contribution in [2.24, 2.45) is 0 Å². The van der Waals surface area contributed by atoms with Gasteiger partial charge >= 0.3 is 0 Å². The molecule has 0 radical (unpaired) electrons. The number of nitrogens with zero attached hydrogens (tertiary/aromatic N) is 2. The maximum Gasteiger partial charge on any atom is 0.241 e. The first kappa shape index (κ1) is 16.5. The third-order valence-electron chi connectivity index (χ3n) is 3.51. The molecule has 1 fully saturated rings. The maximum atomic E-state index is 12.0. The Bertz CT molecular complexity index is 617. The molecule has 1 aromatic heterocycles. The van der Waals surface area contributed by atoms with Gasteiger partial charge in [0.15, 0.2) is 0 Å². The molecule has 1 aliphatic rings. The number of amides is 1. The summed E-state index contributed by atoms with van der Waals surface area (Å²) in [4.78, 5) is 12.0. The molecule has 0 saturated carbocycles. The van der Waals surface area contributed by atoms with Crippen molar-refractivity contribution in [1.29, 1.82) is 0 Å². The van der Waals surface area contributed by atoms with Gasteiger partial charge in [0, 0.05) is 12.7 Å². The summed E-state index contributed by atoms with van der Waals surface area (Å²) in [6, 6.07) is 9.67. The van der Waals surface area contributed by atoms with Crippen molar-refractivity contribution < 1.29 is 9.90 Å². The minimum absolute atomic E-state index is 0. The summed E-state index contributed by atoms with van der Waals surface area (Å²) in [5, 5.41) is 19.5. The van der Waals surface area contributed by atoms with Gasteiger partial charge in [0.1, 0.15) is 0 Å². The molecule has 1 aliphatic heterocycles. The van der Waals surface area contributed by atoms with Crippen LogP contribution in [0.4, 0.5) is 5.69 Å². The zero-order valence-electron chi connectivity index (χ0n) is 12.0. The second-order valence-electron chi connectivity index (χ2n) is 5.25. The van der Waals surface area contributed by atoms with Crippen molar-refractivity contribution in [2.45, 2.75) is 25.1 Å². The minimum Gasteiger partial charge on any atom is -0.392 e. The summed E-state index contributed by atoms with van der Waals surface area (Å²) in [5.41, 5.74) is 1.82. The topological polar surface area (TPSA) is 79.2 Å². The zero-order chi connectivity index (χ0) is 14.7. The van der Waals surface area contributed by atoms with Crippen LogP contribution in [0.1, 0.15) is 12.0 Å². The standard InChI is InChI=1S/C15H18N4O2.ClH/c20-13-6-14(16-8-13)15(21)18-12-7-17-19(10-12)9-11-4-2-1-3-5-11;/h1-5,7,10,13-14,16,20H,6,8-9H2,(H,18,21);1H. The Labute approximate surface area is 134 Å². The van der Waals surface area contributed by atoms with Crippen LogP contribution in [-0.4, -0.2) is 39.5 Å². The van der Waals surface area contributed by atoms with Gasteiger partial charge in [0.25, 0.3) is 0 Å². The van der Waals surface area contributed by atoms with E-state index >= 15 is 0 Å². The van der Waals surface area contributed by atoms with Crippen LogP contribution in [0.15, 0.2) is 42.7 Å². The summed E-state index contributed by atoms with van der Waals surface area (Å²) in [6.07, 6.45) is 3.44. The number of hydrogen-bond donors (Lipinski definition) is 3. The van der Waals surface area contributed by atoms with Crippen LogP contribution in [0.3, 0.4) is 0 Å². The monoisotopic (exact) mass is 322 g/mol. The first-order chi connectivity index (χ1) is 10.2. The number of carbonyl (C=O) groups is 1.